The molecule has 0 radical (unpaired) electrons. The molecule has 0 saturated carbocycles. The maximum atomic E-state index is 9.85. The third kappa shape index (κ3) is 22.8. The zero-order valence-corrected chi connectivity index (χ0v) is 8.74. The fourth-order valence-electron chi connectivity index (χ4n) is 0.517. The molecule has 0 spiro atoms. The van der Waals surface area contributed by atoms with Gasteiger partial charge in [0.1, 0.15) is 0 Å². The van der Waals surface area contributed by atoms with E-state index in [0.717, 1.165) is 6.26 Å². The summed E-state index contributed by atoms with van der Waals surface area (Å²) in [7, 11) is 0. The quantitative estimate of drug-likeness (QED) is 0.400. The van der Waals surface area contributed by atoms with Crippen LogP contribution in [-0.4, -0.2) is 39.0 Å². The zero-order valence-electron chi connectivity index (χ0n) is 8.74. The lowest BCUT2D eigenvalue weighted by Gasteiger charge is -1.83. The number of carboxylic acid groups (broad SMARTS) is 2. The monoisotopic (exact) mass is 232 g/mol. The Kier molecular flexibility index (Phi) is 13.7. The van der Waals surface area contributed by atoms with Gasteiger partial charge in [-0.2, -0.15) is 0 Å². The summed E-state index contributed by atoms with van der Waals surface area (Å²) in [5.74, 6) is -1.91. The molecule has 4 N–H and O–H groups in total. The van der Waals surface area contributed by atoms with Crippen LogP contribution in [0.4, 0.5) is 0 Å². The molecule has 0 heterocycles. The number of hydrogen-bond acceptors (Lipinski definition) is 4. The van der Waals surface area contributed by atoms with Crippen LogP contribution < -0.4 is 0 Å². The molecule has 0 aromatic carbocycles. The highest BCUT2D eigenvalue weighted by Gasteiger charge is 1.91. The molecule has 0 rings (SSSR count). The predicted octanol–water partition coefficient (Wildman–Crippen LogP) is 0.932. The van der Waals surface area contributed by atoms with E-state index >= 15 is 0 Å². The van der Waals surface area contributed by atoms with Crippen LogP contribution in [0.25, 0.3) is 0 Å². The molecule has 0 amide bonds. The molecule has 6 heteroatoms. The summed E-state index contributed by atoms with van der Waals surface area (Å²) in [6, 6.07) is 0. The molecule has 0 unspecified atom stereocenters. The molecule has 0 atom stereocenters. The Morgan fingerprint density at radius 3 is 1.56 bits per heavy atom. The van der Waals surface area contributed by atoms with Crippen LogP contribution in [0.3, 0.4) is 0 Å². The summed E-state index contributed by atoms with van der Waals surface area (Å²) in [4.78, 5) is 19.7. The van der Waals surface area contributed by atoms with Crippen LogP contribution in [0.5, 0.6) is 0 Å². The van der Waals surface area contributed by atoms with Gasteiger partial charge in [-0.3, -0.25) is 9.59 Å². The van der Waals surface area contributed by atoms with Crippen molar-refractivity contribution in [3.05, 3.63) is 24.5 Å². The van der Waals surface area contributed by atoms with Gasteiger partial charge in [0.05, 0.1) is 19.1 Å². The number of carbonyl (C=O) groups is 2. The van der Waals surface area contributed by atoms with E-state index in [0.29, 0.717) is 6.42 Å². The maximum Gasteiger partial charge on any atom is 0.307 e. The number of carboxylic acids is 2. The Balaban J connectivity index is 0. The first-order chi connectivity index (χ1) is 7.54. The van der Waals surface area contributed by atoms with E-state index in [9.17, 15) is 9.59 Å². The van der Waals surface area contributed by atoms with E-state index < -0.39 is 11.9 Å². The lowest BCUT2D eigenvalue weighted by atomic mass is 10.3. The Labute approximate surface area is 93.2 Å². The lowest BCUT2D eigenvalue weighted by Crippen LogP contribution is -1.92. The van der Waals surface area contributed by atoms with Crippen molar-refractivity contribution in [1.82, 2.24) is 0 Å². The van der Waals surface area contributed by atoms with Gasteiger partial charge in [0.2, 0.25) is 0 Å². The van der Waals surface area contributed by atoms with Gasteiger partial charge in [-0.15, -0.1) is 0 Å². The van der Waals surface area contributed by atoms with Crippen LogP contribution in [-0.2, 0) is 9.59 Å². The molecule has 0 aromatic rings. The van der Waals surface area contributed by atoms with Gasteiger partial charge >= 0.3 is 11.9 Å². The second-order valence-corrected chi connectivity index (χ2v) is 2.56. The third-order valence-electron chi connectivity index (χ3n) is 1.15. The van der Waals surface area contributed by atoms with Gasteiger partial charge in [-0.1, -0.05) is 12.2 Å². The highest BCUT2D eigenvalue weighted by molar-refractivity contribution is 5.70. The van der Waals surface area contributed by atoms with Crippen molar-refractivity contribution in [1.29, 1.82) is 0 Å². The summed E-state index contributed by atoms with van der Waals surface area (Å²) < 4.78 is 0. The van der Waals surface area contributed by atoms with E-state index in [-0.39, 0.29) is 19.4 Å². The second-order valence-electron chi connectivity index (χ2n) is 2.56. The average Bonchev–Trinajstić information content (AvgIpc) is 2.22. The molecule has 0 saturated heterocycles. The standard InChI is InChI=1S/C6H8O4.C4H8O2/c7-5(8)3-1-2-4-6(9)10;5-3-1-2-4-6/h1-2H,3-4H2,(H,7,8)(H,9,10);1,3,5-6H,2,4H2. The van der Waals surface area contributed by atoms with E-state index in [4.69, 9.17) is 20.4 Å². The Morgan fingerprint density at radius 2 is 1.38 bits per heavy atom. The van der Waals surface area contributed by atoms with E-state index in [2.05, 4.69) is 0 Å². The Bertz CT molecular complexity index is 226. The smallest absolute Gasteiger partial charge is 0.307 e. The van der Waals surface area contributed by atoms with Crippen LogP contribution in [0.1, 0.15) is 19.3 Å². The van der Waals surface area contributed by atoms with Crippen LogP contribution in [0, 0.1) is 0 Å². The Morgan fingerprint density at radius 1 is 0.938 bits per heavy atom. The highest BCUT2D eigenvalue weighted by atomic mass is 16.4. The highest BCUT2D eigenvalue weighted by Crippen LogP contribution is 1.86. The fourth-order valence-corrected chi connectivity index (χ4v) is 0.517. The molecule has 0 aliphatic heterocycles. The average molecular weight is 232 g/mol. The van der Waals surface area contributed by atoms with Gasteiger partial charge < -0.3 is 20.4 Å². The number of aliphatic hydroxyl groups is 2. The fraction of sp³-hybridized carbons (Fsp3) is 0.400. The lowest BCUT2D eigenvalue weighted by molar-refractivity contribution is -0.137. The van der Waals surface area contributed by atoms with Gasteiger partial charge in [-0.05, 0) is 12.5 Å². The molecular formula is C10H16O6. The van der Waals surface area contributed by atoms with Crippen LogP contribution in [0.15, 0.2) is 24.5 Å². The maximum absolute atomic E-state index is 9.85. The normalized spacial score (nSPS) is 10.1. The molecule has 0 aliphatic carbocycles. The minimum Gasteiger partial charge on any atom is -0.516 e. The van der Waals surface area contributed by atoms with Gasteiger partial charge in [0.25, 0.3) is 0 Å². The molecule has 16 heavy (non-hydrogen) atoms. The summed E-state index contributed by atoms with van der Waals surface area (Å²) in [5, 5.41) is 32.1. The van der Waals surface area contributed by atoms with Crippen molar-refractivity contribution >= 4 is 11.9 Å². The van der Waals surface area contributed by atoms with Crippen molar-refractivity contribution in [2.45, 2.75) is 19.3 Å². The molecular weight excluding hydrogens is 216 g/mol. The van der Waals surface area contributed by atoms with Crippen LogP contribution in [0.2, 0.25) is 0 Å². The molecule has 92 valence electrons. The van der Waals surface area contributed by atoms with E-state index in [1.807, 2.05) is 0 Å². The number of hydrogen-bond donors (Lipinski definition) is 4. The second kappa shape index (κ2) is 13.2. The van der Waals surface area contributed by atoms with Gasteiger partial charge in [0, 0.05) is 6.61 Å². The zero-order chi connectivity index (χ0) is 12.8. The predicted molar refractivity (Wildman–Crippen MR) is 57.1 cm³/mol. The van der Waals surface area contributed by atoms with E-state index in [1.54, 1.807) is 0 Å². The van der Waals surface area contributed by atoms with Gasteiger partial charge in [0.15, 0.2) is 0 Å². The first kappa shape index (κ1) is 16.6. The molecule has 0 fully saturated rings. The summed E-state index contributed by atoms with van der Waals surface area (Å²) in [6.07, 6.45) is 5.35. The number of rotatable bonds is 6. The van der Waals surface area contributed by atoms with Gasteiger partial charge in [-0.25, -0.2) is 0 Å². The topological polar surface area (TPSA) is 115 Å². The van der Waals surface area contributed by atoms with Crippen LogP contribution >= 0.6 is 0 Å². The SMILES string of the molecule is O=C(O)CC=CCC(=O)O.OC=CCCO. The number of aliphatic hydroxyl groups excluding tert-OH is 2. The molecule has 0 aliphatic rings. The number of aliphatic carboxylic acids is 2. The van der Waals surface area contributed by atoms with Crippen molar-refractivity contribution < 1.29 is 30.0 Å². The third-order valence-corrected chi connectivity index (χ3v) is 1.15. The summed E-state index contributed by atoms with van der Waals surface area (Å²) >= 11 is 0. The molecule has 6 nitrogen and oxygen atoms in total. The van der Waals surface area contributed by atoms with Crippen molar-refractivity contribution in [2.24, 2.45) is 0 Å². The largest absolute Gasteiger partial charge is 0.516 e. The van der Waals surface area contributed by atoms with Crippen molar-refractivity contribution in [3.8, 4) is 0 Å². The first-order valence-electron chi connectivity index (χ1n) is 4.53. The first-order valence-corrected chi connectivity index (χ1v) is 4.53. The summed E-state index contributed by atoms with van der Waals surface area (Å²) in [5.41, 5.74) is 0. The van der Waals surface area contributed by atoms with E-state index in [1.165, 1.54) is 18.2 Å². The van der Waals surface area contributed by atoms with Crippen molar-refractivity contribution in [2.75, 3.05) is 6.61 Å². The summed E-state index contributed by atoms with van der Waals surface area (Å²) in [6.45, 7) is 0.108. The Hall–Kier alpha value is -1.82. The minimum atomic E-state index is -0.957. The molecule has 0 aromatic heterocycles. The minimum absolute atomic E-state index is 0.108. The van der Waals surface area contributed by atoms with Crippen molar-refractivity contribution in [3.63, 3.8) is 0 Å². The molecule has 0 bridgehead atoms.